The summed E-state index contributed by atoms with van der Waals surface area (Å²) in [6, 6.07) is 7.86. The molecule has 1 aromatic carbocycles. The van der Waals surface area contributed by atoms with Crippen molar-refractivity contribution in [1.82, 2.24) is 9.97 Å². The Kier molecular flexibility index (Phi) is 4.35. The molecule has 1 aromatic heterocycles. The fraction of sp³-hybridized carbons (Fsp3) is 0.154. The molecule has 0 saturated heterocycles. The molecule has 1 heterocycles. The molecule has 0 aliphatic rings. The average Bonchev–Trinajstić information content (AvgIpc) is 2.38. The normalized spacial score (nSPS) is 10.2. The molecule has 3 nitrogen and oxygen atoms in total. The van der Waals surface area contributed by atoms with E-state index in [0.717, 1.165) is 5.75 Å². The zero-order valence-corrected chi connectivity index (χ0v) is 11.6. The molecule has 2 rings (SSSR count). The first-order valence-electron chi connectivity index (χ1n) is 5.52. The van der Waals surface area contributed by atoms with Crippen molar-refractivity contribution in [2.45, 2.75) is 12.1 Å². The lowest BCUT2D eigenvalue weighted by atomic mass is 10.1. The van der Waals surface area contributed by atoms with Crippen LogP contribution in [0.1, 0.15) is 12.5 Å². The van der Waals surface area contributed by atoms with Crippen molar-refractivity contribution in [3.63, 3.8) is 0 Å². The Hall–Kier alpha value is -1.64. The van der Waals surface area contributed by atoms with Gasteiger partial charge in [-0.15, -0.1) is 0 Å². The van der Waals surface area contributed by atoms with Crippen molar-refractivity contribution < 1.29 is 4.39 Å². The van der Waals surface area contributed by atoms with E-state index in [4.69, 9.17) is 16.9 Å². The van der Waals surface area contributed by atoms with Gasteiger partial charge in [-0.05, 0) is 17.9 Å². The Morgan fingerprint density at radius 2 is 2.21 bits per heavy atom. The Bertz CT molecular complexity index is 655. The van der Waals surface area contributed by atoms with Gasteiger partial charge in [0.2, 0.25) is 0 Å². The highest BCUT2D eigenvalue weighted by atomic mass is 35.5. The van der Waals surface area contributed by atoms with Gasteiger partial charge in [0.05, 0.1) is 5.69 Å². The molecule has 0 bridgehead atoms. The largest absolute Gasteiger partial charge is 0.221 e. The quantitative estimate of drug-likeness (QED) is 0.489. The third kappa shape index (κ3) is 3.03. The minimum atomic E-state index is -0.388. The van der Waals surface area contributed by atoms with E-state index in [9.17, 15) is 4.39 Å². The summed E-state index contributed by atoms with van der Waals surface area (Å²) in [4.78, 5) is 8.33. The predicted molar refractivity (Wildman–Crippen MR) is 73.5 cm³/mol. The molecule has 0 aliphatic carbocycles. The molecule has 6 heteroatoms. The zero-order chi connectivity index (χ0) is 13.8. The third-order valence-corrected chi connectivity index (χ3v) is 3.33. The van der Waals surface area contributed by atoms with Crippen molar-refractivity contribution in [1.29, 1.82) is 5.26 Å². The number of hydrogen-bond acceptors (Lipinski definition) is 4. The lowest BCUT2D eigenvalue weighted by Crippen LogP contribution is -1.97. The standard InChI is InChI=1S/C13H9ClFN3S/c1-2-19-13-17-11(10(7-16)12(14)18-13)8-4-3-5-9(15)6-8/h3-6H,2H2,1H3. The fourth-order valence-corrected chi connectivity index (χ4v) is 2.38. The summed E-state index contributed by atoms with van der Waals surface area (Å²) in [6.45, 7) is 1.96. The first kappa shape index (κ1) is 13.8. The highest BCUT2D eigenvalue weighted by Crippen LogP contribution is 2.28. The Morgan fingerprint density at radius 1 is 1.42 bits per heavy atom. The van der Waals surface area contributed by atoms with E-state index in [1.54, 1.807) is 12.1 Å². The van der Waals surface area contributed by atoms with Gasteiger partial charge in [-0.2, -0.15) is 5.26 Å². The molecular weight excluding hydrogens is 285 g/mol. The molecule has 0 spiro atoms. The maximum absolute atomic E-state index is 13.3. The maximum atomic E-state index is 13.3. The summed E-state index contributed by atoms with van der Waals surface area (Å²) in [5, 5.41) is 9.70. The molecule has 0 atom stereocenters. The van der Waals surface area contributed by atoms with Crippen molar-refractivity contribution in [2.24, 2.45) is 0 Å². The van der Waals surface area contributed by atoms with Crippen LogP contribution in [0.3, 0.4) is 0 Å². The number of rotatable bonds is 3. The molecule has 0 fully saturated rings. The van der Waals surface area contributed by atoms with Gasteiger partial charge in [0.15, 0.2) is 10.3 Å². The predicted octanol–water partition coefficient (Wildman–Crippen LogP) is 3.92. The molecule has 0 saturated carbocycles. The molecule has 0 aliphatic heterocycles. The first-order chi connectivity index (χ1) is 9.15. The number of benzene rings is 1. The summed E-state index contributed by atoms with van der Waals surface area (Å²) < 4.78 is 13.3. The van der Waals surface area contributed by atoms with Crippen LogP contribution in [-0.4, -0.2) is 15.7 Å². The second kappa shape index (κ2) is 6.00. The van der Waals surface area contributed by atoms with Gasteiger partial charge in [-0.1, -0.05) is 42.4 Å². The van der Waals surface area contributed by atoms with Crippen molar-refractivity contribution in [2.75, 3.05) is 5.75 Å². The second-order valence-electron chi connectivity index (χ2n) is 3.58. The van der Waals surface area contributed by atoms with Crippen LogP contribution >= 0.6 is 23.4 Å². The lowest BCUT2D eigenvalue weighted by Gasteiger charge is -2.07. The van der Waals surface area contributed by atoms with Crippen LogP contribution in [0, 0.1) is 17.1 Å². The SMILES string of the molecule is CCSc1nc(Cl)c(C#N)c(-c2cccc(F)c2)n1. The summed E-state index contributed by atoms with van der Waals surface area (Å²) in [7, 11) is 0. The third-order valence-electron chi connectivity index (χ3n) is 2.33. The van der Waals surface area contributed by atoms with Crippen LogP contribution in [0.5, 0.6) is 0 Å². The van der Waals surface area contributed by atoms with Gasteiger partial charge in [-0.25, -0.2) is 14.4 Å². The summed E-state index contributed by atoms with van der Waals surface area (Å²) in [5.41, 5.74) is 1.03. The fourth-order valence-electron chi connectivity index (χ4n) is 1.55. The molecule has 0 unspecified atom stereocenters. The van der Waals surface area contributed by atoms with E-state index in [0.29, 0.717) is 16.4 Å². The highest BCUT2D eigenvalue weighted by Gasteiger charge is 2.15. The van der Waals surface area contributed by atoms with Gasteiger partial charge in [0, 0.05) is 5.56 Å². The number of halogens is 2. The van der Waals surface area contributed by atoms with Crippen molar-refractivity contribution in [3.8, 4) is 17.3 Å². The van der Waals surface area contributed by atoms with E-state index in [1.165, 1.54) is 23.9 Å². The molecule has 0 amide bonds. The topological polar surface area (TPSA) is 49.6 Å². The lowest BCUT2D eigenvalue weighted by molar-refractivity contribution is 0.628. The molecular formula is C13H9ClFN3S. The monoisotopic (exact) mass is 293 g/mol. The van der Waals surface area contributed by atoms with E-state index in [2.05, 4.69) is 9.97 Å². The minimum Gasteiger partial charge on any atom is -0.221 e. The Balaban J connectivity index is 2.63. The molecule has 19 heavy (non-hydrogen) atoms. The first-order valence-corrected chi connectivity index (χ1v) is 6.88. The number of hydrogen-bond donors (Lipinski definition) is 0. The molecule has 96 valence electrons. The number of thioether (sulfide) groups is 1. The van der Waals surface area contributed by atoms with Crippen LogP contribution in [0.25, 0.3) is 11.3 Å². The average molecular weight is 294 g/mol. The van der Waals surface area contributed by atoms with Crippen LogP contribution in [0.15, 0.2) is 29.4 Å². The Labute approximate surface area is 119 Å². The van der Waals surface area contributed by atoms with Crippen molar-refractivity contribution >= 4 is 23.4 Å². The highest BCUT2D eigenvalue weighted by molar-refractivity contribution is 7.99. The minimum absolute atomic E-state index is 0.0905. The van der Waals surface area contributed by atoms with Gasteiger partial charge in [0.25, 0.3) is 0 Å². The Morgan fingerprint density at radius 3 is 2.84 bits per heavy atom. The van der Waals surface area contributed by atoms with Crippen LogP contribution < -0.4 is 0 Å². The van der Waals surface area contributed by atoms with E-state index < -0.39 is 0 Å². The van der Waals surface area contributed by atoms with Crippen LogP contribution in [0.2, 0.25) is 5.15 Å². The number of nitriles is 1. The van der Waals surface area contributed by atoms with Crippen molar-refractivity contribution in [3.05, 3.63) is 40.8 Å². The van der Waals surface area contributed by atoms with Gasteiger partial charge < -0.3 is 0 Å². The van der Waals surface area contributed by atoms with Gasteiger partial charge in [-0.3, -0.25) is 0 Å². The smallest absolute Gasteiger partial charge is 0.189 e. The van der Waals surface area contributed by atoms with E-state index >= 15 is 0 Å². The molecule has 0 N–H and O–H groups in total. The summed E-state index contributed by atoms with van der Waals surface area (Å²) in [6.07, 6.45) is 0. The van der Waals surface area contributed by atoms with Gasteiger partial charge >= 0.3 is 0 Å². The van der Waals surface area contributed by atoms with Crippen LogP contribution in [-0.2, 0) is 0 Å². The summed E-state index contributed by atoms with van der Waals surface area (Å²) >= 11 is 7.39. The van der Waals surface area contributed by atoms with E-state index in [1.807, 2.05) is 13.0 Å². The number of aromatic nitrogens is 2. The maximum Gasteiger partial charge on any atom is 0.189 e. The molecule has 2 aromatic rings. The zero-order valence-electron chi connectivity index (χ0n) is 10.0. The van der Waals surface area contributed by atoms with E-state index in [-0.39, 0.29) is 16.5 Å². The number of nitrogens with zero attached hydrogens (tertiary/aromatic N) is 3. The summed E-state index contributed by atoms with van der Waals surface area (Å²) in [5.74, 6) is 0.394. The van der Waals surface area contributed by atoms with Gasteiger partial charge in [0.1, 0.15) is 17.4 Å². The van der Waals surface area contributed by atoms with Crippen LogP contribution in [0.4, 0.5) is 4.39 Å². The second-order valence-corrected chi connectivity index (χ2v) is 5.16. The molecule has 0 radical (unpaired) electrons.